The van der Waals surface area contributed by atoms with E-state index in [1.807, 2.05) is 42.6 Å². The average Bonchev–Trinajstić information content (AvgIpc) is 3.08. The molecule has 3 aromatic heterocycles. The van der Waals surface area contributed by atoms with Crippen molar-refractivity contribution in [1.29, 1.82) is 0 Å². The second-order valence-electron chi connectivity index (χ2n) is 5.54. The summed E-state index contributed by atoms with van der Waals surface area (Å²) in [5.74, 6) is 0.846. The van der Waals surface area contributed by atoms with Crippen LogP contribution in [0.4, 0.5) is 5.82 Å². The van der Waals surface area contributed by atoms with E-state index in [2.05, 4.69) is 44.7 Å². The van der Waals surface area contributed by atoms with Gasteiger partial charge in [-0.2, -0.15) is 0 Å². The van der Waals surface area contributed by atoms with Crippen LogP contribution in [0.5, 0.6) is 0 Å². The van der Waals surface area contributed by atoms with Gasteiger partial charge in [-0.1, -0.05) is 36.4 Å². The molecule has 0 spiro atoms. The molecule has 4 aromatic rings. The maximum atomic E-state index is 4.49. The molecule has 1 aromatic carbocycles. The maximum Gasteiger partial charge on any atom is 0.139 e. The van der Waals surface area contributed by atoms with Crippen LogP contribution in [0.2, 0.25) is 0 Å². The van der Waals surface area contributed by atoms with Gasteiger partial charge in [0.25, 0.3) is 0 Å². The van der Waals surface area contributed by atoms with E-state index in [0.717, 1.165) is 27.3 Å². The van der Waals surface area contributed by atoms with Crippen molar-refractivity contribution < 1.29 is 0 Å². The SMILES string of the molecule is CC(Nc1ncnc2scc(-c3ccccc3)c12)c1ccccn1. The van der Waals surface area contributed by atoms with Gasteiger partial charge in [0.05, 0.1) is 17.1 Å². The average molecular weight is 332 g/mol. The van der Waals surface area contributed by atoms with Gasteiger partial charge in [0, 0.05) is 17.1 Å². The lowest BCUT2D eigenvalue weighted by Crippen LogP contribution is -2.09. The quantitative estimate of drug-likeness (QED) is 0.576. The van der Waals surface area contributed by atoms with E-state index in [4.69, 9.17) is 0 Å². The normalized spacial score (nSPS) is 12.2. The summed E-state index contributed by atoms with van der Waals surface area (Å²) in [6, 6.07) is 16.3. The zero-order chi connectivity index (χ0) is 16.4. The third-order valence-electron chi connectivity index (χ3n) is 3.94. The summed E-state index contributed by atoms with van der Waals surface area (Å²) in [5, 5.41) is 6.70. The number of anilines is 1. The summed E-state index contributed by atoms with van der Waals surface area (Å²) in [7, 11) is 0. The lowest BCUT2D eigenvalue weighted by atomic mass is 10.1. The molecule has 24 heavy (non-hydrogen) atoms. The van der Waals surface area contributed by atoms with Crippen molar-refractivity contribution in [2.45, 2.75) is 13.0 Å². The van der Waals surface area contributed by atoms with Gasteiger partial charge < -0.3 is 5.32 Å². The summed E-state index contributed by atoms with van der Waals surface area (Å²) < 4.78 is 0. The summed E-state index contributed by atoms with van der Waals surface area (Å²) in [6.45, 7) is 2.09. The van der Waals surface area contributed by atoms with Crippen molar-refractivity contribution in [2.75, 3.05) is 5.32 Å². The lowest BCUT2D eigenvalue weighted by molar-refractivity contribution is 0.833. The minimum absolute atomic E-state index is 0.0628. The third kappa shape index (κ3) is 2.74. The predicted octanol–water partition coefficient (Wildman–Crippen LogP) is 4.93. The number of hydrogen-bond donors (Lipinski definition) is 1. The number of thiophene rings is 1. The van der Waals surface area contributed by atoms with E-state index in [1.54, 1.807) is 17.7 Å². The van der Waals surface area contributed by atoms with Crippen LogP contribution < -0.4 is 5.32 Å². The molecule has 1 unspecified atom stereocenters. The van der Waals surface area contributed by atoms with Crippen LogP contribution in [-0.2, 0) is 0 Å². The zero-order valence-corrected chi connectivity index (χ0v) is 14.0. The number of pyridine rings is 1. The van der Waals surface area contributed by atoms with Gasteiger partial charge in [0.2, 0.25) is 0 Å². The van der Waals surface area contributed by atoms with Crippen molar-refractivity contribution in [3.63, 3.8) is 0 Å². The van der Waals surface area contributed by atoms with Crippen molar-refractivity contribution in [3.05, 3.63) is 72.1 Å². The van der Waals surface area contributed by atoms with Gasteiger partial charge in [0.15, 0.2) is 0 Å². The van der Waals surface area contributed by atoms with Crippen LogP contribution in [-0.4, -0.2) is 15.0 Å². The minimum Gasteiger partial charge on any atom is -0.361 e. The van der Waals surface area contributed by atoms with Crippen LogP contribution in [0.3, 0.4) is 0 Å². The van der Waals surface area contributed by atoms with E-state index in [1.165, 1.54) is 5.56 Å². The molecule has 0 radical (unpaired) electrons. The predicted molar refractivity (Wildman–Crippen MR) is 99.1 cm³/mol. The van der Waals surface area contributed by atoms with Gasteiger partial charge in [-0.15, -0.1) is 11.3 Å². The molecule has 0 aliphatic heterocycles. The second kappa shape index (κ2) is 6.37. The van der Waals surface area contributed by atoms with Gasteiger partial charge in [-0.25, -0.2) is 9.97 Å². The number of nitrogens with one attached hydrogen (secondary N) is 1. The molecule has 0 saturated heterocycles. The summed E-state index contributed by atoms with van der Waals surface area (Å²) >= 11 is 1.64. The molecule has 0 saturated carbocycles. The Labute approximate surface area is 144 Å². The molecule has 0 bridgehead atoms. The Hall–Kier alpha value is -2.79. The number of benzene rings is 1. The van der Waals surface area contributed by atoms with Gasteiger partial charge in [-0.3, -0.25) is 4.98 Å². The van der Waals surface area contributed by atoms with Crippen molar-refractivity contribution in [2.24, 2.45) is 0 Å². The highest BCUT2D eigenvalue weighted by atomic mass is 32.1. The highest BCUT2D eigenvalue weighted by Gasteiger charge is 2.15. The van der Waals surface area contributed by atoms with E-state index in [0.29, 0.717) is 0 Å². The first-order valence-corrected chi connectivity index (χ1v) is 8.66. The molecule has 1 atom stereocenters. The number of aromatic nitrogens is 3. The van der Waals surface area contributed by atoms with Crippen LogP contribution in [0.1, 0.15) is 18.7 Å². The highest BCUT2D eigenvalue weighted by Crippen LogP contribution is 2.37. The van der Waals surface area contributed by atoms with E-state index < -0.39 is 0 Å². The molecular weight excluding hydrogens is 316 g/mol. The minimum atomic E-state index is 0.0628. The summed E-state index contributed by atoms with van der Waals surface area (Å²) in [6.07, 6.45) is 3.42. The molecule has 1 N–H and O–H groups in total. The smallest absolute Gasteiger partial charge is 0.139 e. The van der Waals surface area contributed by atoms with E-state index in [9.17, 15) is 0 Å². The molecule has 0 aliphatic carbocycles. The van der Waals surface area contributed by atoms with Crippen molar-refractivity contribution in [1.82, 2.24) is 15.0 Å². The summed E-state index contributed by atoms with van der Waals surface area (Å²) in [5.41, 5.74) is 3.32. The first kappa shape index (κ1) is 14.8. The van der Waals surface area contributed by atoms with E-state index in [-0.39, 0.29) is 6.04 Å². The molecule has 118 valence electrons. The molecule has 0 aliphatic rings. The Morgan fingerprint density at radius 1 is 0.958 bits per heavy atom. The molecule has 3 heterocycles. The largest absolute Gasteiger partial charge is 0.361 e. The second-order valence-corrected chi connectivity index (χ2v) is 6.40. The van der Waals surface area contributed by atoms with Gasteiger partial charge in [0.1, 0.15) is 17.0 Å². The summed E-state index contributed by atoms with van der Waals surface area (Å²) in [4.78, 5) is 14.3. The third-order valence-corrected chi connectivity index (χ3v) is 4.83. The number of nitrogens with zero attached hydrogens (tertiary/aromatic N) is 3. The molecule has 0 fully saturated rings. The van der Waals surface area contributed by atoms with Crippen LogP contribution in [0.25, 0.3) is 21.3 Å². The number of rotatable bonds is 4. The Balaban J connectivity index is 1.77. The highest BCUT2D eigenvalue weighted by molar-refractivity contribution is 7.17. The van der Waals surface area contributed by atoms with E-state index >= 15 is 0 Å². The first-order chi connectivity index (χ1) is 11.8. The first-order valence-electron chi connectivity index (χ1n) is 7.78. The molecule has 0 amide bonds. The Morgan fingerprint density at radius 2 is 1.79 bits per heavy atom. The topological polar surface area (TPSA) is 50.7 Å². The fraction of sp³-hybridized carbons (Fsp3) is 0.105. The molecule has 5 heteroatoms. The fourth-order valence-corrected chi connectivity index (χ4v) is 3.64. The van der Waals surface area contributed by atoms with Crippen LogP contribution >= 0.6 is 11.3 Å². The number of fused-ring (bicyclic) bond motifs is 1. The number of hydrogen-bond acceptors (Lipinski definition) is 5. The Kier molecular flexibility index (Phi) is 3.92. The van der Waals surface area contributed by atoms with Crippen molar-refractivity contribution in [3.8, 4) is 11.1 Å². The van der Waals surface area contributed by atoms with Gasteiger partial charge >= 0.3 is 0 Å². The Bertz CT molecular complexity index is 951. The van der Waals surface area contributed by atoms with Crippen LogP contribution in [0.15, 0.2) is 66.4 Å². The monoisotopic (exact) mass is 332 g/mol. The molecular formula is C19H16N4S. The lowest BCUT2D eigenvalue weighted by Gasteiger charge is -2.15. The molecule has 4 nitrogen and oxygen atoms in total. The standard InChI is InChI=1S/C19H16N4S/c1-13(16-9-5-6-10-20-16)23-18-17-15(14-7-3-2-4-8-14)11-24-19(17)22-12-21-18/h2-13H,1H3,(H,21,22,23). The molecule has 4 rings (SSSR count). The maximum absolute atomic E-state index is 4.49. The van der Waals surface area contributed by atoms with Crippen molar-refractivity contribution >= 4 is 27.4 Å². The Morgan fingerprint density at radius 3 is 2.58 bits per heavy atom. The zero-order valence-electron chi connectivity index (χ0n) is 13.2. The fourth-order valence-electron chi connectivity index (χ4n) is 2.73. The van der Waals surface area contributed by atoms with Crippen LogP contribution in [0, 0.1) is 0 Å². The van der Waals surface area contributed by atoms with Gasteiger partial charge in [-0.05, 0) is 24.6 Å².